The molecule has 0 saturated heterocycles. The fourth-order valence-electron chi connectivity index (χ4n) is 4.49. The van der Waals surface area contributed by atoms with Gasteiger partial charge < -0.3 is 15.7 Å². The smallest absolute Gasteiger partial charge is 0.335 e. The summed E-state index contributed by atoms with van der Waals surface area (Å²) in [4.78, 5) is 28.6. The highest BCUT2D eigenvalue weighted by Crippen LogP contribution is 2.37. The normalized spacial score (nSPS) is 14.7. The van der Waals surface area contributed by atoms with Gasteiger partial charge in [-0.3, -0.25) is 4.79 Å². The third-order valence-corrected chi connectivity index (χ3v) is 6.27. The molecule has 5 rings (SSSR count). The summed E-state index contributed by atoms with van der Waals surface area (Å²) in [7, 11) is 0. The molecular weight excluding hydrogens is 456 g/mol. The van der Waals surface area contributed by atoms with Crippen LogP contribution in [0.15, 0.2) is 48.7 Å². The molecule has 2 aromatic heterocycles. The molecule has 178 valence electrons. The van der Waals surface area contributed by atoms with E-state index >= 15 is 0 Å². The van der Waals surface area contributed by atoms with E-state index in [0.717, 1.165) is 41.7 Å². The van der Waals surface area contributed by atoms with Gasteiger partial charge in [0.25, 0.3) is 5.91 Å². The van der Waals surface area contributed by atoms with E-state index in [1.807, 2.05) is 13.0 Å². The number of fused-ring (bicyclic) bond motifs is 2. The van der Waals surface area contributed by atoms with Gasteiger partial charge in [0.1, 0.15) is 11.5 Å². The number of anilines is 1. The molecule has 0 fully saturated rings. The van der Waals surface area contributed by atoms with Gasteiger partial charge in [0, 0.05) is 18.7 Å². The van der Waals surface area contributed by atoms with Crippen molar-refractivity contribution in [1.82, 2.24) is 19.9 Å². The SMILES string of the molecule is Cc1c(C(=O)O)ccc2c1CC[C@@H]2Nc1cc(C(=O)NCc2ccc(F)c(F)c2)nc2ccnn12. The van der Waals surface area contributed by atoms with Gasteiger partial charge in [0.2, 0.25) is 0 Å². The van der Waals surface area contributed by atoms with E-state index < -0.39 is 23.5 Å². The Labute approximate surface area is 198 Å². The van der Waals surface area contributed by atoms with Gasteiger partial charge in [0.05, 0.1) is 17.8 Å². The van der Waals surface area contributed by atoms with Crippen molar-refractivity contribution in [3.05, 3.63) is 93.8 Å². The number of rotatable bonds is 6. The molecule has 4 aromatic rings. The first kappa shape index (κ1) is 22.5. The van der Waals surface area contributed by atoms with Crippen LogP contribution in [0.1, 0.15) is 55.6 Å². The van der Waals surface area contributed by atoms with Crippen molar-refractivity contribution >= 4 is 23.3 Å². The zero-order valence-electron chi connectivity index (χ0n) is 18.7. The van der Waals surface area contributed by atoms with Crippen LogP contribution in [0.4, 0.5) is 14.6 Å². The molecule has 0 bridgehead atoms. The standard InChI is InChI=1S/C25H21F2N5O3/c1-13-15-5-7-20(17(15)4-3-16(13)25(34)35)30-23-11-21(31-22-8-9-29-32(22)23)24(33)28-12-14-2-6-18(26)19(27)10-14/h2-4,6,8-11,20,30H,5,7,12H2,1H3,(H,28,33)(H,34,35)/t20-/m0/s1. The summed E-state index contributed by atoms with van der Waals surface area (Å²) >= 11 is 0. The molecule has 0 radical (unpaired) electrons. The fraction of sp³-hybridized carbons (Fsp3) is 0.200. The van der Waals surface area contributed by atoms with E-state index in [4.69, 9.17) is 0 Å². The average Bonchev–Trinajstić information content (AvgIpc) is 3.47. The van der Waals surface area contributed by atoms with Crippen molar-refractivity contribution < 1.29 is 23.5 Å². The topological polar surface area (TPSA) is 109 Å². The van der Waals surface area contributed by atoms with Crippen molar-refractivity contribution in [1.29, 1.82) is 0 Å². The Bertz CT molecular complexity index is 1480. The van der Waals surface area contributed by atoms with Crippen molar-refractivity contribution in [3.63, 3.8) is 0 Å². The zero-order chi connectivity index (χ0) is 24.7. The second-order valence-electron chi connectivity index (χ2n) is 8.41. The maximum absolute atomic E-state index is 13.5. The molecule has 0 aliphatic heterocycles. The molecule has 0 unspecified atom stereocenters. The number of carboxylic acid groups (broad SMARTS) is 1. The molecule has 10 heteroatoms. The van der Waals surface area contributed by atoms with Gasteiger partial charge in [0.15, 0.2) is 17.3 Å². The Kier molecular flexibility index (Phi) is 5.64. The minimum absolute atomic E-state index is 0.00606. The number of aromatic carboxylic acids is 1. The van der Waals surface area contributed by atoms with Crippen LogP contribution in [0.25, 0.3) is 5.65 Å². The predicted octanol–water partition coefficient (Wildman–Crippen LogP) is 4.04. The van der Waals surface area contributed by atoms with Crippen LogP contribution < -0.4 is 10.6 Å². The third kappa shape index (κ3) is 4.18. The summed E-state index contributed by atoms with van der Waals surface area (Å²) in [6, 6.07) is 10.0. The first-order valence-electron chi connectivity index (χ1n) is 11.0. The van der Waals surface area contributed by atoms with Crippen LogP contribution in [0, 0.1) is 18.6 Å². The zero-order valence-corrected chi connectivity index (χ0v) is 18.7. The van der Waals surface area contributed by atoms with Gasteiger partial charge in [-0.15, -0.1) is 0 Å². The molecule has 1 atom stereocenters. The van der Waals surface area contributed by atoms with E-state index in [1.165, 1.54) is 6.07 Å². The van der Waals surface area contributed by atoms with Crippen molar-refractivity contribution in [2.75, 3.05) is 5.32 Å². The number of benzene rings is 2. The number of carbonyl (C=O) groups excluding carboxylic acids is 1. The van der Waals surface area contributed by atoms with Gasteiger partial charge in [-0.05, 0) is 60.2 Å². The number of carboxylic acids is 1. The lowest BCUT2D eigenvalue weighted by molar-refractivity contribution is 0.0695. The highest BCUT2D eigenvalue weighted by molar-refractivity contribution is 5.93. The summed E-state index contributed by atoms with van der Waals surface area (Å²) in [5.74, 6) is -2.81. The number of hydrogen-bond acceptors (Lipinski definition) is 5. The molecule has 1 amide bonds. The first-order chi connectivity index (χ1) is 16.8. The number of nitrogens with one attached hydrogen (secondary N) is 2. The predicted molar refractivity (Wildman–Crippen MR) is 123 cm³/mol. The highest BCUT2D eigenvalue weighted by Gasteiger charge is 2.27. The number of nitrogens with zero attached hydrogens (tertiary/aromatic N) is 3. The van der Waals surface area contributed by atoms with Crippen LogP contribution in [0.2, 0.25) is 0 Å². The van der Waals surface area contributed by atoms with Gasteiger partial charge in [-0.1, -0.05) is 12.1 Å². The van der Waals surface area contributed by atoms with Crippen molar-refractivity contribution in [2.24, 2.45) is 0 Å². The lowest BCUT2D eigenvalue weighted by atomic mass is 9.98. The van der Waals surface area contributed by atoms with Crippen LogP contribution >= 0.6 is 0 Å². The van der Waals surface area contributed by atoms with Crippen LogP contribution in [-0.2, 0) is 13.0 Å². The monoisotopic (exact) mass is 477 g/mol. The van der Waals surface area contributed by atoms with Crippen molar-refractivity contribution in [2.45, 2.75) is 32.4 Å². The van der Waals surface area contributed by atoms with Gasteiger partial charge in [-0.25, -0.2) is 18.6 Å². The van der Waals surface area contributed by atoms with Crippen molar-refractivity contribution in [3.8, 4) is 0 Å². The number of aromatic nitrogens is 3. The molecule has 1 aliphatic carbocycles. The molecule has 1 aliphatic rings. The molecule has 2 aromatic carbocycles. The quantitative estimate of drug-likeness (QED) is 0.387. The van der Waals surface area contributed by atoms with Gasteiger partial charge >= 0.3 is 5.97 Å². The Morgan fingerprint density at radius 3 is 2.74 bits per heavy atom. The van der Waals surface area contributed by atoms with E-state index in [9.17, 15) is 23.5 Å². The average molecular weight is 477 g/mol. The molecule has 0 spiro atoms. The largest absolute Gasteiger partial charge is 0.478 e. The molecule has 2 heterocycles. The second-order valence-corrected chi connectivity index (χ2v) is 8.41. The number of hydrogen-bond donors (Lipinski definition) is 3. The fourth-order valence-corrected chi connectivity index (χ4v) is 4.49. The molecular formula is C25H21F2N5O3. The number of amides is 1. The lowest BCUT2D eigenvalue weighted by Crippen LogP contribution is -2.25. The van der Waals surface area contributed by atoms with E-state index in [1.54, 1.807) is 28.9 Å². The summed E-state index contributed by atoms with van der Waals surface area (Å²) in [6.45, 7) is 1.82. The summed E-state index contributed by atoms with van der Waals surface area (Å²) in [5.41, 5.74) is 4.09. The van der Waals surface area contributed by atoms with Crippen LogP contribution in [-0.4, -0.2) is 31.6 Å². The summed E-state index contributed by atoms with van der Waals surface area (Å²) < 4.78 is 28.2. The van der Waals surface area contributed by atoms with Gasteiger partial charge in [-0.2, -0.15) is 9.61 Å². The maximum atomic E-state index is 13.5. The molecule has 35 heavy (non-hydrogen) atoms. The van der Waals surface area contributed by atoms with E-state index in [2.05, 4.69) is 20.7 Å². The Morgan fingerprint density at radius 2 is 1.97 bits per heavy atom. The lowest BCUT2D eigenvalue weighted by Gasteiger charge is -2.18. The first-order valence-corrected chi connectivity index (χ1v) is 11.0. The summed E-state index contributed by atoms with van der Waals surface area (Å²) in [6.07, 6.45) is 3.05. The van der Waals surface area contributed by atoms with Crippen LogP contribution in [0.3, 0.4) is 0 Å². The third-order valence-electron chi connectivity index (χ3n) is 6.27. The second kappa shape index (κ2) is 8.79. The Morgan fingerprint density at radius 1 is 1.14 bits per heavy atom. The minimum atomic E-state index is -0.982. The van der Waals surface area contributed by atoms with E-state index in [0.29, 0.717) is 22.6 Å². The minimum Gasteiger partial charge on any atom is -0.478 e. The Hall–Kier alpha value is -4.34. The highest BCUT2D eigenvalue weighted by atomic mass is 19.2. The summed E-state index contributed by atoms with van der Waals surface area (Å²) in [5, 5.41) is 19.8. The molecule has 8 nitrogen and oxygen atoms in total. The molecule has 0 saturated carbocycles. The number of carbonyl (C=O) groups is 2. The number of halogens is 2. The molecule has 3 N–H and O–H groups in total. The van der Waals surface area contributed by atoms with Crippen LogP contribution in [0.5, 0.6) is 0 Å². The Balaban J connectivity index is 1.40. The van der Waals surface area contributed by atoms with E-state index in [-0.39, 0.29) is 18.3 Å². The maximum Gasteiger partial charge on any atom is 0.335 e.